The maximum Gasteiger partial charge on any atom is 0.136 e. The third kappa shape index (κ3) is 1.76. The van der Waals surface area contributed by atoms with Crippen LogP contribution in [0.3, 0.4) is 0 Å². The summed E-state index contributed by atoms with van der Waals surface area (Å²) >= 11 is 0. The topological polar surface area (TPSA) is 14.2 Å². The van der Waals surface area contributed by atoms with Crippen LogP contribution in [0.2, 0.25) is 0 Å². The molecule has 62 valence electrons. The van der Waals surface area contributed by atoms with Gasteiger partial charge in [0.15, 0.2) is 0 Å². The quantitative estimate of drug-likeness (QED) is 0.603. The lowest BCUT2D eigenvalue weighted by molar-refractivity contribution is 0.383. The van der Waals surface area contributed by atoms with Crippen molar-refractivity contribution in [2.75, 3.05) is 7.11 Å². The number of hydrogen-bond donors (Lipinski definition) is 0. The highest BCUT2D eigenvalue weighted by atomic mass is 16.5. The molecule has 0 saturated heterocycles. The Morgan fingerprint density at radius 3 is 2.27 bits per heavy atom. The van der Waals surface area contributed by atoms with Crippen molar-refractivity contribution in [3.8, 4) is 5.75 Å². The van der Waals surface area contributed by atoms with Crippen LogP contribution in [-0.4, -0.2) is 11.7 Å². The zero-order valence-electron chi connectivity index (χ0n) is 7.59. The van der Waals surface area contributed by atoms with E-state index >= 15 is 0 Å². The van der Waals surface area contributed by atoms with Gasteiger partial charge in [0.1, 0.15) is 5.75 Å². The zero-order valence-corrected chi connectivity index (χ0v) is 7.59. The molecule has 1 rings (SSSR count). The predicted molar refractivity (Wildman–Crippen MR) is 46.0 cm³/mol. The van der Waals surface area contributed by atoms with Gasteiger partial charge in [-0.3, -0.25) is 0 Å². The molecular formula is C9H15NO. The summed E-state index contributed by atoms with van der Waals surface area (Å²) in [6.45, 7) is 6.48. The van der Waals surface area contributed by atoms with Crippen LogP contribution in [0, 0.1) is 0 Å². The van der Waals surface area contributed by atoms with Gasteiger partial charge >= 0.3 is 0 Å². The lowest BCUT2D eigenvalue weighted by Crippen LogP contribution is -2.19. The maximum atomic E-state index is 5.07. The Kier molecular flexibility index (Phi) is 1.94. The van der Waals surface area contributed by atoms with E-state index in [9.17, 15) is 0 Å². The van der Waals surface area contributed by atoms with Gasteiger partial charge in [0.2, 0.25) is 0 Å². The van der Waals surface area contributed by atoms with Gasteiger partial charge in [0.05, 0.1) is 7.11 Å². The van der Waals surface area contributed by atoms with E-state index in [0.29, 0.717) is 0 Å². The van der Waals surface area contributed by atoms with Gasteiger partial charge in [-0.05, 0) is 26.8 Å². The van der Waals surface area contributed by atoms with Crippen LogP contribution in [0.1, 0.15) is 20.8 Å². The molecule has 0 radical (unpaired) electrons. The van der Waals surface area contributed by atoms with Gasteiger partial charge in [-0.25, -0.2) is 0 Å². The van der Waals surface area contributed by atoms with E-state index in [1.165, 1.54) is 0 Å². The highest BCUT2D eigenvalue weighted by molar-refractivity contribution is 5.18. The molecule has 2 heteroatoms. The fourth-order valence-corrected chi connectivity index (χ4v) is 0.915. The number of aromatic nitrogens is 1. The molecule has 1 heterocycles. The van der Waals surface area contributed by atoms with E-state index in [-0.39, 0.29) is 5.54 Å². The fourth-order valence-electron chi connectivity index (χ4n) is 0.915. The van der Waals surface area contributed by atoms with Crippen molar-refractivity contribution < 1.29 is 4.74 Å². The monoisotopic (exact) mass is 153 g/mol. The van der Waals surface area contributed by atoms with Crippen LogP contribution in [0.4, 0.5) is 0 Å². The normalized spacial score (nSPS) is 11.6. The number of rotatable bonds is 1. The van der Waals surface area contributed by atoms with Gasteiger partial charge in [0.25, 0.3) is 0 Å². The second-order valence-corrected chi connectivity index (χ2v) is 3.63. The molecule has 0 unspecified atom stereocenters. The third-order valence-corrected chi connectivity index (χ3v) is 1.68. The molecule has 0 amide bonds. The maximum absolute atomic E-state index is 5.07. The fraction of sp³-hybridized carbons (Fsp3) is 0.556. The Hall–Kier alpha value is -0.920. The first kappa shape index (κ1) is 8.18. The van der Waals surface area contributed by atoms with Crippen molar-refractivity contribution in [3.05, 3.63) is 18.5 Å². The van der Waals surface area contributed by atoms with Crippen molar-refractivity contribution in [3.63, 3.8) is 0 Å². The summed E-state index contributed by atoms with van der Waals surface area (Å²) in [5.74, 6) is 0.917. The summed E-state index contributed by atoms with van der Waals surface area (Å²) in [6.07, 6.45) is 4.03. The van der Waals surface area contributed by atoms with E-state index in [0.717, 1.165) is 5.75 Å². The summed E-state index contributed by atoms with van der Waals surface area (Å²) in [4.78, 5) is 0. The average molecular weight is 153 g/mol. The van der Waals surface area contributed by atoms with Gasteiger partial charge in [0, 0.05) is 17.9 Å². The number of nitrogens with zero attached hydrogens (tertiary/aromatic N) is 1. The molecule has 0 N–H and O–H groups in total. The Labute approximate surface area is 67.8 Å². The average Bonchev–Trinajstić information content (AvgIpc) is 2.32. The Morgan fingerprint density at radius 1 is 1.36 bits per heavy atom. The Morgan fingerprint density at radius 2 is 2.00 bits per heavy atom. The molecule has 0 spiro atoms. The highest BCUT2D eigenvalue weighted by Crippen LogP contribution is 2.19. The molecule has 0 aliphatic carbocycles. The largest absolute Gasteiger partial charge is 0.495 e. The van der Waals surface area contributed by atoms with E-state index in [1.54, 1.807) is 7.11 Å². The summed E-state index contributed by atoms with van der Waals surface area (Å²) in [7, 11) is 1.68. The van der Waals surface area contributed by atoms with E-state index in [1.807, 2.05) is 18.5 Å². The molecular weight excluding hydrogens is 138 g/mol. The first-order chi connectivity index (χ1) is 5.04. The summed E-state index contributed by atoms with van der Waals surface area (Å²) in [5, 5.41) is 0. The molecule has 1 aromatic heterocycles. The van der Waals surface area contributed by atoms with Crippen LogP contribution >= 0.6 is 0 Å². The van der Waals surface area contributed by atoms with Crippen LogP contribution < -0.4 is 4.74 Å². The first-order valence-corrected chi connectivity index (χ1v) is 3.76. The van der Waals surface area contributed by atoms with Gasteiger partial charge in [-0.2, -0.15) is 0 Å². The van der Waals surface area contributed by atoms with Gasteiger partial charge < -0.3 is 9.30 Å². The van der Waals surface area contributed by atoms with E-state index in [4.69, 9.17) is 4.74 Å². The summed E-state index contributed by atoms with van der Waals surface area (Å²) in [6, 6.07) is 1.96. The number of ether oxygens (including phenoxy) is 1. The van der Waals surface area contributed by atoms with E-state index in [2.05, 4.69) is 25.3 Å². The predicted octanol–water partition coefficient (Wildman–Crippen LogP) is 2.25. The minimum absolute atomic E-state index is 0.150. The summed E-state index contributed by atoms with van der Waals surface area (Å²) in [5.41, 5.74) is 0.150. The van der Waals surface area contributed by atoms with Crippen LogP contribution in [0.5, 0.6) is 5.75 Å². The van der Waals surface area contributed by atoms with E-state index < -0.39 is 0 Å². The second kappa shape index (κ2) is 2.61. The minimum Gasteiger partial charge on any atom is -0.495 e. The SMILES string of the molecule is COc1ccn(C(C)(C)C)c1. The molecule has 1 aromatic rings. The van der Waals surface area contributed by atoms with Crippen LogP contribution in [0.15, 0.2) is 18.5 Å². The molecule has 0 aliphatic heterocycles. The van der Waals surface area contributed by atoms with Crippen molar-refractivity contribution in [1.29, 1.82) is 0 Å². The third-order valence-electron chi connectivity index (χ3n) is 1.68. The molecule has 0 fully saturated rings. The summed E-state index contributed by atoms with van der Waals surface area (Å²) < 4.78 is 7.20. The molecule has 11 heavy (non-hydrogen) atoms. The number of methoxy groups -OCH3 is 1. The standard InChI is InChI=1S/C9H15NO/c1-9(2,3)10-6-5-8(7-10)11-4/h5-7H,1-4H3. The lowest BCUT2D eigenvalue weighted by atomic mass is 10.1. The minimum atomic E-state index is 0.150. The zero-order chi connectivity index (χ0) is 8.48. The smallest absolute Gasteiger partial charge is 0.136 e. The van der Waals surface area contributed by atoms with Crippen molar-refractivity contribution in [2.24, 2.45) is 0 Å². The second-order valence-electron chi connectivity index (χ2n) is 3.63. The van der Waals surface area contributed by atoms with Crippen molar-refractivity contribution >= 4 is 0 Å². The molecule has 0 aliphatic rings. The Bertz CT molecular complexity index is 232. The molecule has 0 saturated carbocycles. The van der Waals surface area contributed by atoms with Gasteiger partial charge in [-0.15, -0.1) is 0 Å². The van der Waals surface area contributed by atoms with Gasteiger partial charge in [-0.1, -0.05) is 0 Å². The molecule has 0 bridgehead atoms. The number of hydrogen-bond acceptors (Lipinski definition) is 1. The first-order valence-electron chi connectivity index (χ1n) is 3.76. The molecule has 0 aromatic carbocycles. The lowest BCUT2D eigenvalue weighted by Gasteiger charge is -2.20. The van der Waals surface area contributed by atoms with Crippen molar-refractivity contribution in [1.82, 2.24) is 4.57 Å². The Balaban J connectivity index is 2.89. The van der Waals surface area contributed by atoms with Crippen LogP contribution in [-0.2, 0) is 5.54 Å². The van der Waals surface area contributed by atoms with Crippen LogP contribution in [0.25, 0.3) is 0 Å². The molecule has 2 nitrogen and oxygen atoms in total. The van der Waals surface area contributed by atoms with Crippen molar-refractivity contribution in [2.45, 2.75) is 26.3 Å². The molecule has 0 atom stereocenters. The highest BCUT2D eigenvalue weighted by Gasteiger charge is 2.11.